The van der Waals surface area contributed by atoms with Crippen LogP contribution in [0.5, 0.6) is 0 Å². The molecule has 0 unspecified atom stereocenters. The lowest BCUT2D eigenvalue weighted by Crippen LogP contribution is -2.59. The van der Waals surface area contributed by atoms with Gasteiger partial charge in [0.05, 0.1) is 0 Å². The quantitative estimate of drug-likeness (QED) is 0.652. The zero-order valence-electron chi connectivity index (χ0n) is 13.5. The van der Waals surface area contributed by atoms with E-state index in [0.29, 0.717) is 0 Å². The first-order valence-corrected chi connectivity index (χ1v) is 16.7. The Bertz CT molecular complexity index is 217. The van der Waals surface area contributed by atoms with Crippen LogP contribution in [0.3, 0.4) is 0 Å². The molecule has 2 nitrogen and oxygen atoms in total. The van der Waals surface area contributed by atoms with E-state index in [2.05, 4.69) is 56.6 Å². The summed E-state index contributed by atoms with van der Waals surface area (Å²) >= 11 is 0. The van der Waals surface area contributed by atoms with Gasteiger partial charge in [0.2, 0.25) is 0 Å². The molecule has 0 aromatic carbocycles. The molecule has 0 bridgehead atoms. The van der Waals surface area contributed by atoms with Gasteiger partial charge in [-0.2, -0.15) is 0 Å². The Morgan fingerprint density at radius 1 is 0.824 bits per heavy atom. The molecule has 0 spiro atoms. The molecule has 0 rings (SSSR count). The van der Waals surface area contributed by atoms with Crippen molar-refractivity contribution < 1.29 is 4.43 Å². The maximum Gasteiger partial charge on any atom is 0.186 e. The van der Waals surface area contributed by atoms with E-state index in [1.165, 1.54) is 19.0 Å². The van der Waals surface area contributed by atoms with Crippen LogP contribution in [-0.4, -0.2) is 42.7 Å². The lowest BCUT2D eigenvalue weighted by atomic mass is 10.5. The summed E-state index contributed by atoms with van der Waals surface area (Å²) in [6.45, 7) is 20.8. The highest BCUT2D eigenvalue weighted by Crippen LogP contribution is 2.22. The topological polar surface area (TPSA) is 12.5 Å². The average Bonchev–Trinajstić information content (AvgIpc) is 2.08. The van der Waals surface area contributed by atoms with Crippen LogP contribution < -0.4 is 0 Å². The monoisotopic (exact) mass is 291 g/mol. The molecule has 0 aliphatic heterocycles. The first kappa shape index (κ1) is 17.6. The standard InChI is InChI=1S/C12H33NOSi3/c1-14-17(8,9)12-10-11-13(15(2,3)4)16(5,6)7/h10-12H2,1-9H3. The van der Waals surface area contributed by atoms with Crippen molar-refractivity contribution in [1.29, 1.82) is 0 Å². The highest BCUT2D eigenvalue weighted by atomic mass is 28.4. The Morgan fingerprint density at radius 3 is 1.53 bits per heavy atom. The third-order valence-corrected chi connectivity index (χ3v) is 13.7. The molecule has 0 aliphatic rings. The van der Waals surface area contributed by atoms with Crippen LogP contribution in [0.15, 0.2) is 0 Å². The van der Waals surface area contributed by atoms with Gasteiger partial charge < -0.3 is 8.66 Å². The molecule has 0 aromatic heterocycles. The second kappa shape index (κ2) is 6.14. The van der Waals surface area contributed by atoms with Crippen molar-refractivity contribution in [2.45, 2.75) is 64.8 Å². The predicted molar refractivity (Wildman–Crippen MR) is 87.3 cm³/mol. The predicted octanol–water partition coefficient (Wildman–Crippen LogP) is 4.20. The zero-order chi connectivity index (χ0) is 13.9. The third kappa shape index (κ3) is 6.91. The second-order valence-corrected chi connectivity index (χ2v) is 22.2. The van der Waals surface area contributed by atoms with Crippen molar-refractivity contribution in [2.75, 3.05) is 13.7 Å². The molecule has 0 saturated heterocycles. The maximum absolute atomic E-state index is 5.63. The van der Waals surface area contributed by atoms with Crippen molar-refractivity contribution in [3.63, 3.8) is 0 Å². The van der Waals surface area contributed by atoms with Crippen molar-refractivity contribution in [2.24, 2.45) is 0 Å². The van der Waals surface area contributed by atoms with Gasteiger partial charge in [-0.3, -0.25) is 0 Å². The van der Waals surface area contributed by atoms with Crippen LogP contribution in [0.4, 0.5) is 0 Å². The van der Waals surface area contributed by atoms with E-state index < -0.39 is 24.8 Å². The smallest absolute Gasteiger partial charge is 0.186 e. The van der Waals surface area contributed by atoms with Crippen LogP contribution in [-0.2, 0) is 4.43 Å². The summed E-state index contributed by atoms with van der Waals surface area (Å²) in [5, 5.41) is 0. The van der Waals surface area contributed by atoms with Gasteiger partial charge in [-0.05, 0) is 32.1 Å². The number of rotatable bonds is 7. The van der Waals surface area contributed by atoms with E-state index in [0.717, 1.165) is 0 Å². The fourth-order valence-corrected chi connectivity index (χ4v) is 13.4. The van der Waals surface area contributed by atoms with E-state index >= 15 is 0 Å². The summed E-state index contributed by atoms with van der Waals surface area (Å²) in [6.07, 6.45) is 1.31. The third-order valence-electron chi connectivity index (χ3n) is 3.33. The lowest BCUT2D eigenvalue weighted by Gasteiger charge is -2.44. The van der Waals surface area contributed by atoms with E-state index in [9.17, 15) is 0 Å². The minimum atomic E-state index is -1.36. The van der Waals surface area contributed by atoms with Crippen molar-refractivity contribution >= 4 is 24.8 Å². The molecule has 0 fully saturated rings. The van der Waals surface area contributed by atoms with E-state index in [4.69, 9.17) is 4.43 Å². The molecule has 0 heterocycles. The summed E-state index contributed by atoms with van der Waals surface area (Å²) in [7, 11) is -1.80. The minimum Gasteiger partial charge on any atom is -0.420 e. The Kier molecular flexibility index (Phi) is 6.35. The first-order valence-electron chi connectivity index (χ1n) is 6.73. The fraction of sp³-hybridized carbons (Fsp3) is 1.00. The Balaban J connectivity index is 4.41. The van der Waals surface area contributed by atoms with Gasteiger partial charge in [0.1, 0.15) is 16.5 Å². The average molecular weight is 292 g/mol. The molecule has 0 saturated carbocycles. The number of hydrogen-bond donors (Lipinski definition) is 0. The molecule has 0 aliphatic carbocycles. The zero-order valence-corrected chi connectivity index (χ0v) is 16.5. The number of nitrogens with zero attached hydrogens (tertiary/aromatic N) is 1. The Hall–Kier alpha value is 0.571. The van der Waals surface area contributed by atoms with Crippen molar-refractivity contribution in [3.8, 4) is 0 Å². The molecule has 5 heteroatoms. The van der Waals surface area contributed by atoms with Crippen LogP contribution in [0.1, 0.15) is 6.42 Å². The van der Waals surface area contributed by atoms with Gasteiger partial charge in [-0.15, -0.1) is 0 Å². The molecule has 0 aromatic rings. The van der Waals surface area contributed by atoms with Gasteiger partial charge >= 0.3 is 0 Å². The summed E-state index contributed by atoms with van der Waals surface area (Å²) in [5.41, 5.74) is 0. The van der Waals surface area contributed by atoms with Gasteiger partial charge in [0.15, 0.2) is 8.32 Å². The maximum atomic E-state index is 5.63. The molecule has 0 atom stereocenters. The fourth-order valence-electron chi connectivity index (χ4n) is 2.44. The van der Waals surface area contributed by atoms with E-state index in [-0.39, 0.29) is 0 Å². The first-order chi connectivity index (χ1) is 7.40. The SMILES string of the molecule is CO[Si](C)(C)CCCN([Si](C)(C)C)[Si](C)(C)C. The van der Waals surface area contributed by atoms with Gasteiger partial charge in [0.25, 0.3) is 0 Å². The normalized spacial score (nSPS) is 14.5. The molecule has 0 radical (unpaired) electrons. The van der Waals surface area contributed by atoms with Crippen molar-refractivity contribution in [3.05, 3.63) is 0 Å². The molecule has 0 N–H and O–H groups in total. The van der Waals surface area contributed by atoms with Crippen LogP contribution in [0.25, 0.3) is 0 Å². The largest absolute Gasteiger partial charge is 0.420 e. The molecular formula is C12H33NOSi3. The van der Waals surface area contributed by atoms with Crippen LogP contribution >= 0.6 is 0 Å². The van der Waals surface area contributed by atoms with E-state index in [1.807, 2.05) is 7.11 Å². The summed E-state index contributed by atoms with van der Waals surface area (Å²) in [6, 6.07) is 1.29. The summed E-state index contributed by atoms with van der Waals surface area (Å²) < 4.78 is 8.51. The number of hydrogen-bond acceptors (Lipinski definition) is 2. The highest BCUT2D eigenvalue weighted by molar-refractivity contribution is 6.89. The van der Waals surface area contributed by atoms with E-state index in [1.54, 1.807) is 0 Å². The van der Waals surface area contributed by atoms with Gasteiger partial charge in [-0.25, -0.2) is 0 Å². The van der Waals surface area contributed by atoms with Crippen LogP contribution in [0.2, 0.25) is 58.4 Å². The van der Waals surface area contributed by atoms with Crippen molar-refractivity contribution in [1.82, 2.24) is 4.23 Å². The Labute approximate surface area is 112 Å². The highest BCUT2D eigenvalue weighted by Gasteiger charge is 2.34. The molecule has 17 heavy (non-hydrogen) atoms. The molecular weight excluding hydrogens is 258 g/mol. The summed E-state index contributed by atoms with van der Waals surface area (Å²) in [4.78, 5) is 0. The molecule has 104 valence electrons. The molecule has 0 amide bonds. The Morgan fingerprint density at radius 2 is 1.24 bits per heavy atom. The second-order valence-electron chi connectivity index (χ2n) is 7.56. The minimum absolute atomic E-state index is 1.16. The summed E-state index contributed by atoms with van der Waals surface area (Å²) in [5.74, 6) is 0. The van der Waals surface area contributed by atoms with Gasteiger partial charge in [0, 0.05) is 7.11 Å². The van der Waals surface area contributed by atoms with Gasteiger partial charge in [-0.1, -0.05) is 39.3 Å². The lowest BCUT2D eigenvalue weighted by molar-refractivity contribution is 0.400. The van der Waals surface area contributed by atoms with Crippen LogP contribution in [0, 0.1) is 0 Å².